The summed E-state index contributed by atoms with van der Waals surface area (Å²) in [5.41, 5.74) is 1.68. The van der Waals surface area contributed by atoms with Crippen molar-refractivity contribution in [2.75, 3.05) is 5.32 Å². The maximum absolute atomic E-state index is 12.6. The molecule has 3 aromatic rings. The van der Waals surface area contributed by atoms with Crippen molar-refractivity contribution in [1.29, 1.82) is 0 Å². The topological polar surface area (TPSA) is 58.2 Å². The second-order valence-corrected chi connectivity index (χ2v) is 7.67. The van der Waals surface area contributed by atoms with E-state index in [-0.39, 0.29) is 17.9 Å². The summed E-state index contributed by atoms with van der Waals surface area (Å²) in [7, 11) is 0. The Balaban J connectivity index is 1.74. The van der Waals surface area contributed by atoms with E-state index < -0.39 is 0 Å². The number of carbonyl (C=O) groups is 2. The molecule has 0 fully saturated rings. The standard InChI is InChI=1S/C20H16Cl2N2O2S/c1-12(13-4-2-5-15(21)10-13)23-19(25)14-7-8-16(22)17(11-14)24-20(26)18-6-3-9-27-18/h2-12H,1H3,(H,23,25)(H,24,26). The Hall–Kier alpha value is -2.34. The van der Waals surface area contributed by atoms with Crippen LogP contribution >= 0.6 is 34.5 Å². The molecular formula is C20H16Cl2N2O2S. The van der Waals surface area contributed by atoms with Crippen molar-refractivity contribution >= 4 is 52.0 Å². The van der Waals surface area contributed by atoms with E-state index in [1.54, 1.807) is 42.5 Å². The quantitative estimate of drug-likeness (QED) is 0.549. The van der Waals surface area contributed by atoms with Crippen molar-refractivity contribution in [3.05, 3.63) is 86.0 Å². The molecular weight excluding hydrogens is 403 g/mol. The second kappa shape index (κ2) is 8.57. The number of thiophene rings is 1. The number of halogens is 2. The van der Waals surface area contributed by atoms with Crippen LogP contribution in [0.25, 0.3) is 0 Å². The molecule has 2 aromatic carbocycles. The lowest BCUT2D eigenvalue weighted by Gasteiger charge is -2.15. The average molecular weight is 419 g/mol. The first-order valence-corrected chi connectivity index (χ1v) is 9.78. The Morgan fingerprint density at radius 2 is 1.81 bits per heavy atom. The average Bonchev–Trinajstić information content (AvgIpc) is 3.18. The Kier molecular flexibility index (Phi) is 6.16. The number of benzene rings is 2. The number of carbonyl (C=O) groups excluding carboxylic acids is 2. The minimum atomic E-state index is -0.272. The van der Waals surface area contributed by atoms with Crippen LogP contribution in [-0.2, 0) is 0 Å². The maximum atomic E-state index is 12.6. The van der Waals surface area contributed by atoms with Gasteiger partial charge < -0.3 is 10.6 Å². The molecule has 0 spiro atoms. The molecule has 3 rings (SSSR count). The highest BCUT2D eigenvalue weighted by atomic mass is 35.5. The third kappa shape index (κ3) is 4.89. The number of nitrogens with one attached hydrogen (secondary N) is 2. The predicted octanol–water partition coefficient (Wildman–Crippen LogP) is 5.80. The van der Waals surface area contributed by atoms with Gasteiger partial charge in [-0.25, -0.2) is 0 Å². The Bertz CT molecular complexity index is 974. The number of rotatable bonds is 5. The van der Waals surface area contributed by atoms with Gasteiger partial charge in [-0.3, -0.25) is 9.59 Å². The zero-order chi connectivity index (χ0) is 19.4. The SMILES string of the molecule is CC(NC(=O)c1ccc(Cl)c(NC(=O)c2cccs2)c1)c1cccc(Cl)c1. The van der Waals surface area contributed by atoms with Crippen LogP contribution in [-0.4, -0.2) is 11.8 Å². The lowest BCUT2D eigenvalue weighted by molar-refractivity contribution is 0.0938. The zero-order valence-electron chi connectivity index (χ0n) is 14.3. The van der Waals surface area contributed by atoms with Crippen LogP contribution in [0.1, 0.15) is 38.6 Å². The summed E-state index contributed by atoms with van der Waals surface area (Å²) in [5.74, 6) is -0.539. The summed E-state index contributed by atoms with van der Waals surface area (Å²) in [6, 6.07) is 15.4. The summed E-state index contributed by atoms with van der Waals surface area (Å²) >= 11 is 13.5. The summed E-state index contributed by atoms with van der Waals surface area (Å²) in [5, 5.41) is 8.45. The molecule has 138 valence electrons. The van der Waals surface area contributed by atoms with Gasteiger partial charge in [0.15, 0.2) is 0 Å². The van der Waals surface area contributed by atoms with Crippen LogP contribution in [0.4, 0.5) is 5.69 Å². The van der Waals surface area contributed by atoms with Crippen molar-refractivity contribution in [3.8, 4) is 0 Å². The maximum Gasteiger partial charge on any atom is 0.265 e. The summed E-state index contributed by atoms with van der Waals surface area (Å²) in [6.45, 7) is 1.87. The van der Waals surface area contributed by atoms with Gasteiger partial charge in [0.2, 0.25) is 0 Å². The van der Waals surface area contributed by atoms with Crippen LogP contribution in [0.5, 0.6) is 0 Å². The summed E-state index contributed by atoms with van der Waals surface area (Å²) in [6.07, 6.45) is 0. The van der Waals surface area contributed by atoms with E-state index in [1.165, 1.54) is 11.3 Å². The van der Waals surface area contributed by atoms with Gasteiger partial charge in [0, 0.05) is 10.6 Å². The molecule has 0 aliphatic carbocycles. The summed E-state index contributed by atoms with van der Waals surface area (Å²) in [4.78, 5) is 25.4. The highest BCUT2D eigenvalue weighted by molar-refractivity contribution is 7.12. The summed E-state index contributed by atoms with van der Waals surface area (Å²) < 4.78 is 0. The fourth-order valence-electron chi connectivity index (χ4n) is 2.49. The highest BCUT2D eigenvalue weighted by Crippen LogP contribution is 2.25. The monoisotopic (exact) mass is 418 g/mol. The number of anilines is 1. The Morgan fingerprint density at radius 3 is 2.52 bits per heavy atom. The van der Waals surface area contributed by atoms with Gasteiger partial charge in [0.1, 0.15) is 0 Å². The molecule has 27 heavy (non-hydrogen) atoms. The van der Waals surface area contributed by atoms with E-state index in [4.69, 9.17) is 23.2 Å². The predicted molar refractivity (Wildman–Crippen MR) is 111 cm³/mol. The minimum absolute atomic E-state index is 0.226. The van der Waals surface area contributed by atoms with Gasteiger partial charge >= 0.3 is 0 Å². The van der Waals surface area contributed by atoms with Crippen molar-refractivity contribution in [1.82, 2.24) is 5.32 Å². The number of hydrogen-bond acceptors (Lipinski definition) is 3. The van der Waals surface area contributed by atoms with Crippen molar-refractivity contribution < 1.29 is 9.59 Å². The minimum Gasteiger partial charge on any atom is -0.346 e. The van der Waals surface area contributed by atoms with Crippen LogP contribution in [0.3, 0.4) is 0 Å². The molecule has 0 saturated carbocycles. The number of amides is 2. The smallest absolute Gasteiger partial charge is 0.265 e. The van der Waals surface area contributed by atoms with Gasteiger partial charge in [-0.1, -0.05) is 41.4 Å². The molecule has 7 heteroatoms. The van der Waals surface area contributed by atoms with Crippen molar-refractivity contribution in [2.24, 2.45) is 0 Å². The largest absolute Gasteiger partial charge is 0.346 e. The fraction of sp³-hybridized carbons (Fsp3) is 0.100. The van der Waals surface area contributed by atoms with Crippen LogP contribution in [0.15, 0.2) is 60.0 Å². The zero-order valence-corrected chi connectivity index (χ0v) is 16.7. The molecule has 1 unspecified atom stereocenters. The van der Waals surface area contributed by atoms with Crippen LogP contribution in [0, 0.1) is 0 Å². The Morgan fingerprint density at radius 1 is 1.00 bits per heavy atom. The van der Waals surface area contributed by atoms with Gasteiger partial charge in [0.05, 0.1) is 21.6 Å². The van der Waals surface area contributed by atoms with Crippen LogP contribution in [0.2, 0.25) is 10.0 Å². The first-order chi connectivity index (χ1) is 12.9. The Labute approximate surface area is 171 Å². The molecule has 4 nitrogen and oxygen atoms in total. The third-order valence-corrected chi connectivity index (χ3v) is 5.35. The normalized spacial score (nSPS) is 11.7. The molecule has 0 aliphatic rings. The van der Waals surface area contributed by atoms with E-state index in [9.17, 15) is 9.59 Å². The van der Waals surface area contributed by atoms with E-state index in [1.807, 2.05) is 24.4 Å². The highest BCUT2D eigenvalue weighted by Gasteiger charge is 2.15. The van der Waals surface area contributed by atoms with Crippen LogP contribution < -0.4 is 10.6 Å². The molecule has 1 atom stereocenters. The molecule has 0 radical (unpaired) electrons. The second-order valence-electron chi connectivity index (χ2n) is 5.88. The van der Waals surface area contributed by atoms with E-state index >= 15 is 0 Å². The first-order valence-electron chi connectivity index (χ1n) is 8.15. The fourth-order valence-corrected chi connectivity index (χ4v) is 3.48. The lowest BCUT2D eigenvalue weighted by atomic mass is 10.1. The lowest BCUT2D eigenvalue weighted by Crippen LogP contribution is -2.26. The van der Waals surface area contributed by atoms with E-state index in [0.717, 1.165) is 5.56 Å². The molecule has 1 aromatic heterocycles. The van der Waals surface area contributed by atoms with Gasteiger partial charge in [-0.05, 0) is 54.3 Å². The van der Waals surface area contributed by atoms with Gasteiger partial charge in [-0.2, -0.15) is 0 Å². The van der Waals surface area contributed by atoms with Gasteiger partial charge in [-0.15, -0.1) is 11.3 Å². The van der Waals surface area contributed by atoms with Gasteiger partial charge in [0.25, 0.3) is 11.8 Å². The molecule has 0 aliphatic heterocycles. The molecule has 1 heterocycles. The first kappa shape index (κ1) is 19.4. The van der Waals surface area contributed by atoms with E-state index in [2.05, 4.69) is 10.6 Å². The third-order valence-electron chi connectivity index (χ3n) is 3.92. The van der Waals surface area contributed by atoms with E-state index in [0.29, 0.717) is 26.2 Å². The molecule has 2 N–H and O–H groups in total. The van der Waals surface area contributed by atoms with Crippen molar-refractivity contribution in [3.63, 3.8) is 0 Å². The van der Waals surface area contributed by atoms with Crippen molar-refractivity contribution in [2.45, 2.75) is 13.0 Å². The molecule has 2 amide bonds. The number of hydrogen-bond donors (Lipinski definition) is 2. The molecule has 0 bridgehead atoms. The molecule has 0 saturated heterocycles.